The van der Waals surface area contributed by atoms with Crippen LogP contribution in [-0.2, 0) is 50.1 Å². The van der Waals surface area contributed by atoms with E-state index in [0.29, 0.717) is 55.3 Å². The van der Waals surface area contributed by atoms with Crippen LogP contribution in [0.1, 0.15) is 106 Å². The first-order chi connectivity index (χ1) is 20.8. The molecule has 0 aliphatic carbocycles. The second kappa shape index (κ2) is 13.4. The van der Waals surface area contributed by atoms with Crippen LogP contribution in [0.5, 0.6) is 0 Å². The van der Waals surface area contributed by atoms with Gasteiger partial charge in [0.2, 0.25) is 0 Å². The molecule has 4 N–H and O–H groups in total. The van der Waals surface area contributed by atoms with Crippen LogP contribution in [0, 0.1) is 27.7 Å². The van der Waals surface area contributed by atoms with E-state index < -0.39 is 24.1 Å². The van der Waals surface area contributed by atoms with Crippen LogP contribution in [0.15, 0.2) is 0 Å². The molecule has 1 aliphatic rings. The summed E-state index contributed by atoms with van der Waals surface area (Å²) in [7, 11) is 0. The fraction of sp³-hybridized carbons (Fsp3) is 0.353. The van der Waals surface area contributed by atoms with Gasteiger partial charge < -0.3 is 40.4 Å². The monoisotopic (exact) mass is 798 g/mol. The molecule has 0 saturated heterocycles. The molecule has 0 amide bonds. The van der Waals surface area contributed by atoms with E-state index in [0.717, 1.165) is 33.4 Å². The van der Waals surface area contributed by atoms with Crippen molar-refractivity contribution in [2.24, 2.45) is 0 Å². The van der Waals surface area contributed by atoms with Gasteiger partial charge in [0.1, 0.15) is 0 Å². The Morgan fingerprint density at radius 2 is 1.04 bits per heavy atom. The second-order valence-corrected chi connectivity index (χ2v) is 11.5. The van der Waals surface area contributed by atoms with Crippen molar-refractivity contribution in [3.05, 3.63) is 88.7 Å². The third-order valence-electron chi connectivity index (χ3n) is 8.49. The van der Waals surface area contributed by atoms with Gasteiger partial charge in [0.15, 0.2) is 0 Å². The van der Waals surface area contributed by atoms with Gasteiger partial charge in [-0.3, -0.25) is 9.59 Å². The van der Waals surface area contributed by atoms with Crippen molar-refractivity contribution >= 4 is 36.2 Å². The molecule has 0 fully saturated rings. The van der Waals surface area contributed by atoms with Crippen molar-refractivity contribution in [1.29, 1.82) is 0 Å². The number of carboxylic acids is 2. The topological polar surface area (TPSA) is 171 Å². The van der Waals surface area contributed by atoms with Gasteiger partial charge in [0, 0.05) is 40.5 Å². The van der Waals surface area contributed by atoms with Crippen molar-refractivity contribution in [1.82, 2.24) is 19.9 Å². The summed E-state index contributed by atoms with van der Waals surface area (Å²) in [5.74, 6) is -1.86. The zero-order valence-corrected chi connectivity index (χ0v) is 31.9. The first kappa shape index (κ1) is 34.3. The largest absolute Gasteiger partial charge is 0.657 e. The van der Waals surface area contributed by atoms with Crippen molar-refractivity contribution in [2.45, 2.75) is 79.4 Å². The third-order valence-corrected chi connectivity index (χ3v) is 8.49. The molecule has 0 spiro atoms. The summed E-state index contributed by atoms with van der Waals surface area (Å²) < 4.78 is 0. The molecule has 1 aliphatic heterocycles. The van der Waals surface area contributed by atoms with Gasteiger partial charge in [-0.05, 0) is 65.5 Å². The minimum Gasteiger partial charge on any atom is -0.657 e. The van der Waals surface area contributed by atoms with Crippen molar-refractivity contribution in [2.75, 3.05) is 0 Å². The van der Waals surface area contributed by atoms with Crippen molar-refractivity contribution in [3.63, 3.8) is 0 Å². The number of aliphatic carboxylic acids is 2. The van der Waals surface area contributed by atoms with Crippen molar-refractivity contribution < 1.29 is 57.7 Å². The number of carboxylic acid groups (broad SMARTS) is 2. The van der Waals surface area contributed by atoms with Gasteiger partial charge in [-0.2, -0.15) is 0 Å². The predicted octanol–water partition coefficient (Wildman–Crippen LogP) is 0.516. The molecule has 10 nitrogen and oxygen atoms in total. The SMILES string of the molecule is Cc1c2[n-]c(c1CCC(=O)O)/C=c1\[n-]/c(c(C)c1CCC(=O)O)=C\c1[n-]c(c(C)c1C(C)O)/C=c1\[n-]/c(c(C)c1C(C)O)=C\2.[Hg]. The van der Waals surface area contributed by atoms with Gasteiger partial charge >= 0.3 is 11.9 Å². The first-order valence-corrected chi connectivity index (χ1v) is 14.6. The molecule has 0 saturated carbocycles. The molecule has 0 radical (unpaired) electrons. The number of nitrogens with zero attached hydrogens (tertiary/aromatic N) is 4. The van der Waals surface area contributed by atoms with Gasteiger partial charge in [0.25, 0.3) is 0 Å². The maximum absolute atomic E-state index is 11.5. The normalized spacial score (nSPS) is 16.5. The fourth-order valence-corrected chi connectivity index (χ4v) is 6.15. The fourth-order valence-electron chi connectivity index (χ4n) is 6.15. The van der Waals surface area contributed by atoms with E-state index in [-0.39, 0.29) is 53.4 Å². The number of hydrogen-bond donors (Lipinski definition) is 4. The molecule has 2 atom stereocenters. The van der Waals surface area contributed by atoms with E-state index in [1.165, 1.54) is 0 Å². The first-order valence-electron chi connectivity index (χ1n) is 14.6. The van der Waals surface area contributed by atoms with Crippen LogP contribution in [0.25, 0.3) is 24.3 Å². The Kier molecular flexibility index (Phi) is 10.2. The molecule has 45 heavy (non-hydrogen) atoms. The van der Waals surface area contributed by atoms with Crippen molar-refractivity contribution in [3.8, 4) is 0 Å². The zero-order valence-electron chi connectivity index (χ0n) is 26.4. The summed E-state index contributed by atoms with van der Waals surface area (Å²) >= 11 is 0. The van der Waals surface area contributed by atoms with Crippen LogP contribution >= 0.6 is 0 Å². The maximum atomic E-state index is 11.5. The maximum Gasteiger partial charge on any atom is 0.303 e. The zero-order chi connectivity index (χ0) is 32.0. The molecule has 2 unspecified atom stereocenters. The molecule has 8 bridgehead atoms. The smallest absolute Gasteiger partial charge is 0.303 e. The summed E-state index contributed by atoms with van der Waals surface area (Å²) in [6.45, 7) is 10.9. The average Bonchev–Trinajstić information content (AvgIpc) is 3.59. The Morgan fingerprint density at radius 3 is 1.64 bits per heavy atom. The molecule has 5 heterocycles. The molecular weight excluding hydrogens is 761 g/mol. The number of carbonyl (C=O) groups is 2. The van der Waals surface area contributed by atoms with Gasteiger partial charge in [0.05, 0.1) is 12.2 Å². The molecule has 11 heteroatoms. The average molecular weight is 797 g/mol. The van der Waals surface area contributed by atoms with Crippen LogP contribution in [-0.4, -0.2) is 32.4 Å². The molecule has 4 aromatic rings. The Labute approximate surface area is 280 Å². The van der Waals surface area contributed by atoms with Crippen LogP contribution in [0.3, 0.4) is 0 Å². The number of aliphatic hydroxyl groups is 2. The number of hydrogen-bond acceptors (Lipinski definition) is 4. The Morgan fingerprint density at radius 1 is 0.578 bits per heavy atom. The standard InChI is InChI=1S/C34H36N4O6.Hg/c1-15-21(7-9-31(41)42)27-14-28-22(8-10-32(43)44)16(2)24(36-28)12-29-34(20(6)40)18(4)26(38-29)13-30-33(19(5)39)17(3)25(37-30)11-23(15)35-27;/h11-14,19-20,39-40H,7-10H2,1-6H3,(H,41,42)(H,43,44);/q-4;/b23-11?,24-12-,25-11-,26-13?,27-14?,28-14-,29-12?,30-13-;. The van der Waals surface area contributed by atoms with Gasteiger partial charge in [-0.1, -0.05) is 57.7 Å². The van der Waals surface area contributed by atoms with Crippen LogP contribution in [0.4, 0.5) is 0 Å². The number of aromatic nitrogens is 4. The predicted molar refractivity (Wildman–Crippen MR) is 164 cm³/mol. The minimum absolute atomic E-state index is 0. The molecule has 234 valence electrons. The summed E-state index contributed by atoms with van der Waals surface area (Å²) in [4.78, 5) is 42.6. The van der Waals surface area contributed by atoms with E-state index in [2.05, 4.69) is 0 Å². The summed E-state index contributed by atoms with van der Waals surface area (Å²) in [6.07, 6.45) is 5.93. The van der Waals surface area contributed by atoms with E-state index in [1.54, 1.807) is 26.0 Å². The van der Waals surface area contributed by atoms with Crippen LogP contribution < -0.4 is 41.3 Å². The van der Waals surface area contributed by atoms with E-state index in [9.17, 15) is 30.0 Å². The Balaban J connectivity index is 0.00000461. The minimum atomic E-state index is -0.931. The third kappa shape index (κ3) is 6.68. The summed E-state index contributed by atoms with van der Waals surface area (Å²) in [6, 6.07) is 0. The van der Waals surface area contributed by atoms with Gasteiger partial charge in [-0.25, -0.2) is 0 Å². The van der Waals surface area contributed by atoms with E-state index >= 15 is 0 Å². The molecule has 5 rings (SSSR count). The molecule has 0 aromatic carbocycles. The van der Waals surface area contributed by atoms with Crippen LogP contribution in [0.2, 0.25) is 0 Å². The summed E-state index contributed by atoms with van der Waals surface area (Å²) in [5, 5.41) is 42.7. The van der Waals surface area contributed by atoms with Gasteiger partial charge in [-0.15, -0.1) is 44.2 Å². The second-order valence-electron chi connectivity index (χ2n) is 11.5. The van der Waals surface area contributed by atoms with E-state index in [1.807, 2.05) is 39.8 Å². The van der Waals surface area contributed by atoms with E-state index in [4.69, 9.17) is 19.9 Å². The molecular formula is C34H36HgN4O6-4. The number of aliphatic hydroxyl groups excluding tert-OH is 2. The number of rotatable bonds is 8. The molecule has 4 aromatic heterocycles. The quantitative estimate of drug-likeness (QED) is 0.162. The summed E-state index contributed by atoms with van der Waals surface area (Å²) in [5.41, 5.74) is 8.32. The Hall–Kier alpha value is -3.60. The number of fused-ring (bicyclic) bond motifs is 8. The Bertz CT molecular complexity index is 2040.